The summed E-state index contributed by atoms with van der Waals surface area (Å²) in [7, 11) is 1.68. The molecule has 1 unspecified atom stereocenters. The molecule has 0 amide bonds. The summed E-state index contributed by atoms with van der Waals surface area (Å²) in [5.41, 5.74) is 3.43. The number of ether oxygens (including phenoxy) is 1. The quantitative estimate of drug-likeness (QED) is 0.735. The zero-order valence-corrected chi connectivity index (χ0v) is 14.9. The average molecular weight is 355 g/mol. The highest BCUT2D eigenvalue weighted by molar-refractivity contribution is 7.13. The number of hydrogen-bond acceptors (Lipinski definition) is 6. The van der Waals surface area contributed by atoms with Gasteiger partial charge in [-0.05, 0) is 30.3 Å². The fourth-order valence-electron chi connectivity index (χ4n) is 2.96. The minimum absolute atomic E-state index is 0.340. The molecule has 0 saturated carbocycles. The molecule has 0 radical (unpaired) electrons. The monoisotopic (exact) mass is 355 g/mol. The normalized spacial score (nSPS) is 17.1. The molecule has 6 nitrogen and oxygen atoms in total. The van der Waals surface area contributed by atoms with Crippen LogP contribution in [-0.2, 0) is 19.6 Å². The van der Waals surface area contributed by atoms with E-state index < -0.39 is 0 Å². The lowest BCUT2D eigenvalue weighted by molar-refractivity contribution is 0.415. The maximum atomic E-state index is 5.21. The lowest BCUT2D eigenvalue weighted by atomic mass is 10.2. The molecule has 1 atom stereocenters. The van der Waals surface area contributed by atoms with Crippen molar-refractivity contribution in [2.75, 3.05) is 13.7 Å². The van der Waals surface area contributed by atoms with Gasteiger partial charge in [0.1, 0.15) is 10.8 Å². The van der Waals surface area contributed by atoms with E-state index in [1.54, 1.807) is 18.4 Å². The minimum Gasteiger partial charge on any atom is -0.497 e. The van der Waals surface area contributed by atoms with E-state index in [-0.39, 0.29) is 0 Å². The van der Waals surface area contributed by atoms with Gasteiger partial charge in [0.25, 0.3) is 0 Å². The maximum Gasteiger partial charge on any atom is 0.123 e. The highest BCUT2D eigenvalue weighted by Crippen LogP contribution is 2.25. The van der Waals surface area contributed by atoms with Crippen LogP contribution in [0, 0.1) is 0 Å². The third-order valence-electron chi connectivity index (χ3n) is 4.36. The molecule has 3 heterocycles. The summed E-state index contributed by atoms with van der Waals surface area (Å²) < 4.78 is 7.28. The van der Waals surface area contributed by atoms with Gasteiger partial charge in [-0.3, -0.25) is 4.68 Å². The Kier molecular flexibility index (Phi) is 4.78. The summed E-state index contributed by atoms with van der Waals surface area (Å²) in [5.74, 6) is 0.862. The van der Waals surface area contributed by atoms with Crippen LogP contribution in [0.4, 0.5) is 0 Å². The van der Waals surface area contributed by atoms with Crippen molar-refractivity contribution in [3.63, 3.8) is 0 Å². The molecule has 0 fully saturated rings. The van der Waals surface area contributed by atoms with E-state index in [4.69, 9.17) is 9.72 Å². The number of benzene rings is 1. The second-order valence-electron chi connectivity index (χ2n) is 6.09. The maximum absolute atomic E-state index is 5.21. The number of hydrogen-bond donors (Lipinski definition) is 2. The summed E-state index contributed by atoms with van der Waals surface area (Å²) in [6, 6.07) is 10.4. The van der Waals surface area contributed by atoms with Crippen LogP contribution < -0.4 is 15.4 Å². The van der Waals surface area contributed by atoms with Gasteiger partial charge in [0.15, 0.2) is 0 Å². The largest absolute Gasteiger partial charge is 0.497 e. The van der Waals surface area contributed by atoms with Crippen molar-refractivity contribution < 1.29 is 4.74 Å². The molecule has 2 aromatic heterocycles. The molecule has 4 rings (SSSR count). The first-order valence-electron chi connectivity index (χ1n) is 8.35. The first kappa shape index (κ1) is 16.3. The molecular formula is C18H21N5OS. The Bertz CT molecular complexity index is 826. The van der Waals surface area contributed by atoms with Crippen molar-refractivity contribution in [2.45, 2.75) is 25.7 Å². The summed E-state index contributed by atoms with van der Waals surface area (Å²) in [4.78, 5) is 4.75. The van der Waals surface area contributed by atoms with Gasteiger partial charge in [0, 0.05) is 42.8 Å². The molecule has 25 heavy (non-hydrogen) atoms. The third-order valence-corrected chi connectivity index (χ3v) is 5.30. The number of methoxy groups -OCH3 is 1. The number of aromatic nitrogens is 3. The van der Waals surface area contributed by atoms with Crippen LogP contribution in [0.25, 0.3) is 10.6 Å². The summed E-state index contributed by atoms with van der Waals surface area (Å²) in [6.07, 6.45) is 1.86. The highest BCUT2D eigenvalue weighted by atomic mass is 32.1. The van der Waals surface area contributed by atoms with Gasteiger partial charge in [-0.15, -0.1) is 11.3 Å². The second-order valence-corrected chi connectivity index (χ2v) is 6.94. The standard InChI is InChI=1S/C18H21N5OS/c1-24-17-4-2-13(3-5-17)18-22-15(12-25-18)9-20-14-8-19-10-16-6-7-21-23(16)11-14/h2-7,12,14,19-20H,8-11H2,1H3. The van der Waals surface area contributed by atoms with Crippen LogP contribution in [-0.4, -0.2) is 34.5 Å². The highest BCUT2D eigenvalue weighted by Gasteiger charge is 2.16. The Morgan fingerprint density at radius 1 is 1.32 bits per heavy atom. The van der Waals surface area contributed by atoms with E-state index in [2.05, 4.69) is 31.9 Å². The molecule has 2 N–H and O–H groups in total. The van der Waals surface area contributed by atoms with Crippen molar-refractivity contribution in [3.8, 4) is 16.3 Å². The van der Waals surface area contributed by atoms with Gasteiger partial charge in [0.05, 0.1) is 25.0 Å². The van der Waals surface area contributed by atoms with Gasteiger partial charge >= 0.3 is 0 Å². The van der Waals surface area contributed by atoms with Crippen LogP contribution in [0.1, 0.15) is 11.4 Å². The van der Waals surface area contributed by atoms with Crippen molar-refractivity contribution in [1.82, 2.24) is 25.4 Å². The Labute approximate surface area is 150 Å². The van der Waals surface area contributed by atoms with E-state index >= 15 is 0 Å². The molecule has 1 aliphatic heterocycles. The Hall–Kier alpha value is -2.22. The van der Waals surface area contributed by atoms with Crippen LogP contribution in [0.15, 0.2) is 41.9 Å². The predicted octanol–water partition coefficient (Wildman–Crippen LogP) is 2.28. The zero-order valence-electron chi connectivity index (χ0n) is 14.1. The van der Waals surface area contributed by atoms with Crippen LogP contribution in [0.2, 0.25) is 0 Å². The Morgan fingerprint density at radius 2 is 2.20 bits per heavy atom. The number of fused-ring (bicyclic) bond motifs is 1. The molecule has 130 valence electrons. The van der Waals surface area contributed by atoms with Crippen LogP contribution in [0.5, 0.6) is 5.75 Å². The third kappa shape index (κ3) is 3.73. The molecule has 0 aliphatic carbocycles. The molecule has 1 aliphatic rings. The summed E-state index contributed by atoms with van der Waals surface area (Å²) in [5, 5.41) is 14.6. The average Bonchev–Trinajstić information content (AvgIpc) is 3.26. The molecule has 7 heteroatoms. The first-order chi connectivity index (χ1) is 12.3. The van der Waals surface area contributed by atoms with Crippen molar-refractivity contribution in [2.24, 2.45) is 0 Å². The van der Waals surface area contributed by atoms with E-state index in [0.717, 1.165) is 48.2 Å². The van der Waals surface area contributed by atoms with Crippen LogP contribution >= 0.6 is 11.3 Å². The Morgan fingerprint density at radius 3 is 3.04 bits per heavy atom. The molecule has 1 aromatic carbocycles. The molecule has 3 aromatic rings. The van der Waals surface area contributed by atoms with Crippen molar-refractivity contribution in [1.29, 1.82) is 0 Å². The number of thiazole rings is 1. The van der Waals surface area contributed by atoms with Gasteiger partial charge in [0.2, 0.25) is 0 Å². The minimum atomic E-state index is 0.340. The van der Waals surface area contributed by atoms with Crippen molar-refractivity contribution in [3.05, 3.63) is 53.3 Å². The number of nitrogens with zero attached hydrogens (tertiary/aromatic N) is 3. The van der Waals surface area contributed by atoms with Crippen LogP contribution in [0.3, 0.4) is 0 Å². The fraction of sp³-hybridized carbons (Fsp3) is 0.333. The number of nitrogens with one attached hydrogen (secondary N) is 2. The molecule has 0 saturated heterocycles. The first-order valence-corrected chi connectivity index (χ1v) is 9.23. The van der Waals surface area contributed by atoms with Gasteiger partial charge in [-0.1, -0.05) is 0 Å². The second kappa shape index (κ2) is 7.35. The van der Waals surface area contributed by atoms with E-state index in [0.29, 0.717) is 6.04 Å². The SMILES string of the molecule is COc1ccc(-c2nc(CNC3CNCc4ccnn4C3)cs2)cc1. The zero-order chi connectivity index (χ0) is 17.1. The predicted molar refractivity (Wildman–Crippen MR) is 98.7 cm³/mol. The lowest BCUT2D eigenvalue weighted by Crippen LogP contribution is -2.39. The van der Waals surface area contributed by atoms with Gasteiger partial charge in [-0.2, -0.15) is 5.10 Å². The molecule has 0 spiro atoms. The molecular weight excluding hydrogens is 334 g/mol. The van der Waals surface area contributed by atoms with E-state index in [1.165, 1.54) is 5.69 Å². The van der Waals surface area contributed by atoms with Gasteiger partial charge in [-0.25, -0.2) is 4.98 Å². The Balaban J connectivity index is 1.38. The number of rotatable bonds is 5. The summed E-state index contributed by atoms with van der Waals surface area (Å²) in [6.45, 7) is 3.44. The van der Waals surface area contributed by atoms with Crippen molar-refractivity contribution >= 4 is 11.3 Å². The van der Waals surface area contributed by atoms with E-state index in [9.17, 15) is 0 Å². The lowest BCUT2D eigenvalue weighted by Gasteiger charge is -2.16. The van der Waals surface area contributed by atoms with E-state index in [1.807, 2.05) is 30.5 Å². The molecule has 0 bridgehead atoms. The smallest absolute Gasteiger partial charge is 0.123 e. The van der Waals surface area contributed by atoms with Gasteiger partial charge < -0.3 is 15.4 Å². The summed E-state index contributed by atoms with van der Waals surface area (Å²) >= 11 is 1.67. The topological polar surface area (TPSA) is 64.0 Å². The fourth-order valence-corrected chi connectivity index (χ4v) is 3.79.